The Kier molecular flexibility index (Phi) is 4.21. The zero-order chi connectivity index (χ0) is 19.8. The maximum atomic E-state index is 5.34. The molecule has 5 rings (SSSR count). The van der Waals surface area contributed by atoms with Crippen molar-refractivity contribution in [2.24, 2.45) is 0 Å². The summed E-state index contributed by atoms with van der Waals surface area (Å²) < 4.78 is 10.7. The van der Waals surface area contributed by atoms with E-state index >= 15 is 0 Å². The van der Waals surface area contributed by atoms with Gasteiger partial charge in [0.1, 0.15) is 11.5 Å². The van der Waals surface area contributed by atoms with Gasteiger partial charge in [-0.15, -0.1) is 0 Å². The fraction of sp³-hybridized carbons (Fsp3) is 0.0769. The third kappa shape index (κ3) is 3.01. The quantitative estimate of drug-likeness (QED) is 0.378. The Labute approximate surface area is 169 Å². The average Bonchev–Trinajstić information content (AvgIpc) is 3.17. The van der Waals surface area contributed by atoms with Gasteiger partial charge in [-0.3, -0.25) is 0 Å². The van der Waals surface area contributed by atoms with Crippen LogP contribution in [0.15, 0.2) is 84.9 Å². The maximum Gasteiger partial charge on any atom is 0.118 e. The van der Waals surface area contributed by atoms with E-state index in [1.165, 1.54) is 16.3 Å². The molecule has 142 valence electrons. The normalized spacial score (nSPS) is 11.1. The van der Waals surface area contributed by atoms with Crippen LogP contribution >= 0.6 is 0 Å². The summed E-state index contributed by atoms with van der Waals surface area (Å²) in [4.78, 5) is 3.59. The second-order valence-corrected chi connectivity index (χ2v) is 7.07. The van der Waals surface area contributed by atoms with Crippen molar-refractivity contribution in [2.75, 3.05) is 14.2 Å². The zero-order valence-electron chi connectivity index (χ0n) is 16.4. The SMILES string of the molecule is COc1ccc(-c2cc(-c3ccc(OC)cc3)c3c(c2)[nH]c2ccccc23)cc1. The second kappa shape index (κ2) is 7.02. The molecule has 1 heterocycles. The number of hydrogen-bond donors (Lipinski definition) is 1. The van der Waals surface area contributed by atoms with Crippen molar-refractivity contribution in [3.8, 4) is 33.8 Å². The summed E-state index contributed by atoms with van der Waals surface area (Å²) in [6.07, 6.45) is 0. The molecular weight excluding hydrogens is 358 g/mol. The van der Waals surface area contributed by atoms with Gasteiger partial charge in [0.15, 0.2) is 0 Å². The average molecular weight is 379 g/mol. The minimum absolute atomic E-state index is 0.857. The molecule has 0 fully saturated rings. The number of aromatic nitrogens is 1. The molecule has 0 saturated carbocycles. The maximum absolute atomic E-state index is 5.34. The van der Waals surface area contributed by atoms with Gasteiger partial charge < -0.3 is 14.5 Å². The monoisotopic (exact) mass is 379 g/mol. The number of fused-ring (bicyclic) bond motifs is 3. The van der Waals surface area contributed by atoms with Crippen LogP contribution in [-0.2, 0) is 0 Å². The minimum atomic E-state index is 0.857. The molecule has 3 heteroatoms. The highest BCUT2D eigenvalue weighted by atomic mass is 16.5. The van der Waals surface area contributed by atoms with Gasteiger partial charge in [0.2, 0.25) is 0 Å². The van der Waals surface area contributed by atoms with E-state index in [9.17, 15) is 0 Å². The first-order chi connectivity index (χ1) is 14.3. The van der Waals surface area contributed by atoms with Gasteiger partial charge in [-0.2, -0.15) is 0 Å². The Hall–Kier alpha value is -3.72. The summed E-state index contributed by atoms with van der Waals surface area (Å²) >= 11 is 0. The lowest BCUT2D eigenvalue weighted by Gasteiger charge is -2.10. The molecule has 3 nitrogen and oxygen atoms in total. The fourth-order valence-electron chi connectivity index (χ4n) is 3.93. The number of ether oxygens (including phenoxy) is 2. The van der Waals surface area contributed by atoms with Crippen molar-refractivity contribution in [1.29, 1.82) is 0 Å². The van der Waals surface area contributed by atoms with E-state index in [0.717, 1.165) is 39.2 Å². The van der Waals surface area contributed by atoms with E-state index in [1.54, 1.807) is 14.2 Å². The largest absolute Gasteiger partial charge is 0.497 e. The third-order valence-corrected chi connectivity index (χ3v) is 5.43. The first-order valence-corrected chi connectivity index (χ1v) is 9.60. The molecule has 0 aliphatic carbocycles. The Bertz CT molecular complexity index is 1300. The van der Waals surface area contributed by atoms with Crippen LogP contribution in [0.4, 0.5) is 0 Å². The molecule has 5 aromatic rings. The number of benzene rings is 4. The van der Waals surface area contributed by atoms with Crippen LogP contribution in [0.2, 0.25) is 0 Å². The number of hydrogen-bond acceptors (Lipinski definition) is 2. The van der Waals surface area contributed by atoms with Crippen LogP contribution in [0.5, 0.6) is 11.5 Å². The van der Waals surface area contributed by atoms with Crippen LogP contribution < -0.4 is 9.47 Å². The Morgan fingerprint density at radius 1 is 0.586 bits per heavy atom. The van der Waals surface area contributed by atoms with Gasteiger partial charge in [-0.05, 0) is 64.7 Å². The molecule has 0 saturated heterocycles. The molecule has 0 radical (unpaired) electrons. The zero-order valence-corrected chi connectivity index (χ0v) is 16.4. The fourth-order valence-corrected chi connectivity index (χ4v) is 3.93. The topological polar surface area (TPSA) is 34.2 Å². The smallest absolute Gasteiger partial charge is 0.118 e. The van der Waals surface area contributed by atoms with Crippen LogP contribution in [0, 0.1) is 0 Å². The Balaban J connectivity index is 1.78. The number of H-pyrrole nitrogens is 1. The molecule has 0 bridgehead atoms. The Morgan fingerprint density at radius 2 is 1.21 bits per heavy atom. The number of rotatable bonds is 4. The van der Waals surface area contributed by atoms with Gasteiger partial charge in [-0.1, -0.05) is 42.5 Å². The van der Waals surface area contributed by atoms with Gasteiger partial charge in [0, 0.05) is 21.8 Å². The summed E-state index contributed by atoms with van der Waals surface area (Å²) in [6, 6.07) is 29.4. The first-order valence-electron chi connectivity index (χ1n) is 9.60. The van der Waals surface area contributed by atoms with Crippen molar-refractivity contribution in [1.82, 2.24) is 4.98 Å². The molecule has 0 aliphatic heterocycles. The number of nitrogens with one attached hydrogen (secondary N) is 1. The van der Waals surface area contributed by atoms with Crippen molar-refractivity contribution in [3.63, 3.8) is 0 Å². The van der Waals surface area contributed by atoms with Gasteiger partial charge in [-0.25, -0.2) is 0 Å². The molecule has 29 heavy (non-hydrogen) atoms. The van der Waals surface area contributed by atoms with E-state index in [1.807, 2.05) is 24.3 Å². The predicted octanol–water partition coefficient (Wildman–Crippen LogP) is 6.67. The van der Waals surface area contributed by atoms with E-state index in [-0.39, 0.29) is 0 Å². The van der Waals surface area contributed by atoms with E-state index in [0.29, 0.717) is 0 Å². The number of methoxy groups -OCH3 is 2. The summed E-state index contributed by atoms with van der Waals surface area (Å²) in [5.41, 5.74) is 6.96. The van der Waals surface area contributed by atoms with Gasteiger partial charge in [0.25, 0.3) is 0 Å². The summed E-state index contributed by atoms with van der Waals surface area (Å²) in [7, 11) is 3.38. The highest BCUT2D eigenvalue weighted by Gasteiger charge is 2.13. The van der Waals surface area contributed by atoms with Crippen LogP contribution in [0.3, 0.4) is 0 Å². The molecule has 1 aromatic heterocycles. The minimum Gasteiger partial charge on any atom is -0.497 e. The predicted molar refractivity (Wildman–Crippen MR) is 120 cm³/mol. The Morgan fingerprint density at radius 3 is 1.86 bits per heavy atom. The molecule has 0 spiro atoms. The molecule has 0 aliphatic rings. The highest BCUT2D eigenvalue weighted by Crippen LogP contribution is 2.38. The van der Waals surface area contributed by atoms with Gasteiger partial charge >= 0.3 is 0 Å². The van der Waals surface area contributed by atoms with E-state index in [4.69, 9.17) is 9.47 Å². The van der Waals surface area contributed by atoms with Crippen molar-refractivity contribution in [2.45, 2.75) is 0 Å². The molecule has 0 atom stereocenters. The summed E-state index contributed by atoms with van der Waals surface area (Å²) in [5, 5.41) is 2.47. The molecular formula is C26H21NO2. The molecule has 0 amide bonds. The number of para-hydroxylation sites is 1. The first kappa shape index (κ1) is 17.4. The molecule has 0 unspecified atom stereocenters. The van der Waals surface area contributed by atoms with E-state index < -0.39 is 0 Å². The third-order valence-electron chi connectivity index (χ3n) is 5.43. The summed E-state index contributed by atoms with van der Waals surface area (Å²) in [6.45, 7) is 0. The van der Waals surface area contributed by atoms with Crippen LogP contribution in [-0.4, -0.2) is 19.2 Å². The van der Waals surface area contributed by atoms with Crippen molar-refractivity contribution < 1.29 is 9.47 Å². The number of aromatic amines is 1. The highest BCUT2D eigenvalue weighted by molar-refractivity contribution is 6.15. The van der Waals surface area contributed by atoms with Crippen molar-refractivity contribution >= 4 is 21.8 Å². The lowest BCUT2D eigenvalue weighted by Crippen LogP contribution is -1.87. The lowest BCUT2D eigenvalue weighted by atomic mass is 9.94. The lowest BCUT2D eigenvalue weighted by molar-refractivity contribution is 0.415. The second-order valence-electron chi connectivity index (χ2n) is 7.07. The van der Waals surface area contributed by atoms with Crippen LogP contribution in [0.1, 0.15) is 0 Å². The van der Waals surface area contributed by atoms with Crippen LogP contribution in [0.25, 0.3) is 44.1 Å². The van der Waals surface area contributed by atoms with Gasteiger partial charge in [0.05, 0.1) is 14.2 Å². The van der Waals surface area contributed by atoms with E-state index in [2.05, 4.69) is 65.6 Å². The van der Waals surface area contributed by atoms with Crippen molar-refractivity contribution in [3.05, 3.63) is 84.9 Å². The molecule has 4 aromatic carbocycles. The molecule has 1 N–H and O–H groups in total. The standard InChI is InChI=1S/C26H21NO2/c1-28-20-11-7-17(8-12-20)19-15-23(18-9-13-21(29-2)14-10-18)26-22-5-3-4-6-24(22)27-25(26)16-19/h3-16,27H,1-2H3. The summed E-state index contributed by atoms with van der Waals surface area (Å²) in [5.74, 6) is 1.71.